The first kappa shape index (κ1) is 28.1. The summed E-state index contributed by atoms with van der Waals surface area (Å²) < 4.78 is 10.3. The number of ether oxygens (including phenoxy) is 2. The van der Waals surface area contributed by atoms with Crippen molar-refractivity contribution in [1.82, 2.24) is 10.2 Å². The number of hydrogen-bond acceptors (Lipinski definition) is 5. The van der Waals surface area contributed by atoms with E-state index in [0.29, 0.717) is 16.7 Å². The molecule has 0 aromatic heterocycles. The van der Waals surface area contributed by atoms with E-state index in [4.69, 9.17) is 9.47 Å². The SMILES string of the molecule is COC(=O)c1cccc(CN(C)C(=NC(=O)OC(C)(C)C)NC(C=O)(c2ccccc2)c2ccccc2)c1. The first-order valence-corrected chi connectivity index (χ1v) is 12.1. The highest BCUT2D eigenvalue weighted by molar-refractivity contribution is 5.94. The Labute approximate surface area is 223 Å². The second-order valence-electron chi connectivity index (χ2n) is 9.75. The summed E-state index contributed by atoms with van der Waals surface area (Å²) in [7, 11) is 3.05. The average molecular weight is 516 g/mol. The van der Waals surface area contributed by atoms with Gasteiger partial charge in [-0.25, -0.2) is 9.59 Å². The molecule has 0 heterocycles. The van der Waals surface area contributed by atoms with Crippen molar-refractivity contribution in [2.75, 3.05) is 14.2 Å². The first-order chi connectivity index (χ1) is 18.1. The molecule has 0 saturated heterocycles. The van der Waals surface area contributed by atoms with E-state index in [2.05, 4.69) is 10.3 Å². The highest BCUT2D eigenvalue weighted by Crippen LogP contribution is 2.28. The quantitative estimate of drug-likeness (QED) is 0.206. The maximum absolute atomic E-state index is 12.9. The van der Waals surface area contributed by atoms with Gasteiger partial charge in [0.05, 0.1) is 12.7 Å². The lowest BCUT2D eigenvalue weighted by molar-refractivity contribution is -0.111. The summed E-state index contributed by atoms with van der Waals surface area (Å²) in [5.74, 6) is -0.342. The topological polar surface area (TPSA) is 97.3 Å². The number of methoxy groups -OCH3 is 1. The normalized spacial score (nSPS) is 11.9. The van der Waals surface area contributed by atoms with Crippen molar-refractivity contribution < 1.29 is 23.9 Å². The molecule has 0 radical (unpaired) electrons. The van der Waals surface area contributed by atoms with Crippen LogP contribution in [0, 0.1) is 0 Å². The summed E-state index contributed by atoms with van der Waals surface area (Å²) in [4.78, 5) is 43.7. The van der Waals surface area contributed by atoms with Gasteiger partial charge in [-0.1, -0.05) is 72.8 Å². The largest absolute Gasteiger partial charge is 0.465 e. The fourth-order valence-electron chi connectivity index (χ4n) is 3.90. The molecule has 0 unspecified atom stereocenters. The Balaban J connectivity index is 2.08. The molecule has 8 heteroatoms. The molecule has 1 amide bonds. The van der Waals surface area contributed by atoms with Gasteiger partial charge in [0, 0.05) is 13.6 Å². The number of guanidine groups is 1. The van der Waals surface area contributed by atoms with Crippen LogP contribution in [0.15, 0.2) is 89.9 Å². The number of carbonyl (C=O) groups excluding carboxylic acids is 3. The maximum Gasteiger partial charge on any atom is 0.437 e. The van der Waals surface area contributed by atoms with Crippen molar-refractivity contribution >= 4 is 24.3 Å². The van der Waals surface area contributed by atoms with Crippen LogP contribution in [0.2, 0.25) is 0 Å². The zero-order valence-electron chi connectivity index (χ0n) is 22.3. The maximum atomic E-state index is 12.9. The molecule has 3 aromatic carbocycles. The number of nitrogens with one attached hydrogen (secondary N) is 1. The summed E-state index contributed by atoms with van der Waals surface area (Å²) in [5, 5.41) is 3.25. The third-order valence-corrected chi connectivity index (χ3v) is 5.66. The number of aldehydes is 1. The lowest BCUT2D eigenvalue weighted by atomic mass is 9.84. The summed E-state index contributed by atoms with van der Waals surface area (Å²) >= 11 is 0. The lowest BCUT2D eigenvalue weighted by Crippen LogP contribution is -2.53. The van der Waals surface area contributed by atoms with E-state index in [1.54, 1.807) is 50.9 Å². The molecule has 0 aliphatic heterocycles. The van der Waals surface area contributed by atoms with E-state index in [0.717, 1.165) is 11.8 Å². The Kier molecular flexibility index (Phi) is 9.02. The fourth-order valence-corrected chi connectivity index (χ4v) is 3.90. The zero-order chi connectivity index (χ0) is 27.8. The minimum absolute atomic E-state index is 0.113. The number of nitrogens with zero attached hydrogens (tertiary/aromatic N) is 2. The minimum atomic E-state index is -1.36. The summed E-state index contributed by atoms with van der Waals surface area (Å²) in [6.07, 6.45) is -0.00958. The Hall–Kier alpha value is -4.46. The number of benzene rings is 3. The number of esters is 1. The number of carbonyl (C=O) groups is 3. The van der Waals surface area contributed by atoms with Gasteiger partial charge in [0.1, 0.15) is 11.1 Å². The number of amides is 1. The van der Waals surface area contributed by atoms with Crippen molar-refractivity contribution in [1.29, 1.82) is 0 Å². The molecular formula is C30H33N3O5. The zero-order valence-corrected chi connectivity index (χ0v) is 22.3. The van der Waals surface area contributed by atoms with Crippen LogP contribution in [0.25, 0.3) is 0 Å². The van der Waals surface area contributed by atoms with E-state index in [9.17, 15) is 14.4 Å². The van der Waals surface area contributed by atoms with Gasteiger partial charge in [0.2, 0.25) is 5.96 Å². The molecule has 0 bridgehead atoms. The van der Waals surface area contributed by atoms with Gasteiger partial charge < -0.3 is 19.7 Å². The number of aliphatic imine (C=N–C) groups is 1. The summed E-state index contributed by atoms with van der Waals surface area (Å²) in [6, 6.07) is 25.4. The molecule has 3 rings (SSSR count). The molecule has 198 valence electrons. The number of hydrogen-bond donors (Lipinski definition) is 1. The third kappa shape index (κ3) is 7.06. The third-order valence-electron chi connectivity index (χ3n) is 5.66. The highest BCUT2D eigenvalue weighted by atomic mass is 16.6. The average Bonchev–Trinajstić information content (AvgIpc) is 2.90. The van der Waals surface area contributed by atoms with E-state index in [1.807, 2.05) is 66.7 Å². The fraction of sp³-hybridized carbons (Fsp3) is 0.267. The second-order valence-corrected chi connectivity index (χ2v) is 9.75. The van der Waals surface area contributed by atoms with Crippen molar-refractivity contribution in [3.8, 4) is 0 Å². The summed E-state index contributed by atoms with van der Waals surface area (Å²) in [5.41, 5.74) is 0.377. The predicted octanol–water partition coefficient (Wildman–Crippen LogP) is 4.93. The monoisotopic (exact) mass is 515 g/mol. The standard InChI is InChI=1S/C30H33N3O5/c1-29(2,3)38-28(36)31-27(33(4)20-22-13-12-14-23(19-22)26(35)37-5)32-30(21-34,24-15-8-6-9-16-24)25-17-10-7-11-18-25/h6-19,21H,20H2,1-5H3,(H,31,32,36). The Morgan fingerprint density at radius 1 is 0.921 bits per heavy atom. The van der Waals surface area contributed by atoms with Crippen LogP contribution in [-0.2, 0) is 26.4 Å². The van der Waals surface area contributed by atoms with Crippen LogP contribution in [-0.4, -0.2) is 49.0 Å². The van der Waals surface area contributed by atoms with Gasteiger partial charge in [-0.15, -0.1) is 4.99 Å². The Morgan fingerprint density at radius 2 is 1.50 bits per heavy atom. The van der Waals surface area contributed by atoms with Gasteiger partial charge in [-0.2, -0.15) is 0 Å². The van der Waals surface area contributed by atoms with E-state index in [-0.39, 0.29) is 12.5 Å². The van der Waals surface area contributed by atoms with E-state index in [1.165, 1.54) is 7.11 Å². The van der Waals surface area contributed by atoms with Crippen LogP contribution < -0.4 is 5.32 Å². The molecule has 0 aliphatic carbocycles. The lowest BCUT2D eigenvalue weighted by Gasteiger charge is -2.35. The summed E-state index contributed by atoms with van der Waals surface area (Å²) in [6.45, 7) is 5.51. The number of rotatable bonds is 7. The van der Waals surface area contributed by atoms with Crippen molar-refractivity contribution in [2.45, 2.75) is 38.5 Å². The first-order valence-electron chi connectivity index (χ1n) is 12.1. The minimum Gasteiger partial charge on any atom is -0.465 e. The molecular weight excluding hydrogens is 482 g/mol. The molecule has 0 saturated carbocycles. The molecule has 0 atom stereocenters. The van der Waals surface area contributed by atoms with Crippen LogP contribution in [0.4, 0.5) is 4.79 Å². The molecule has 8 nitrogen and oxygen atoms in total. The van der Waals surface area contributed by atoms with Gasteiger partial charge in [0.15, 0.2) is 6.29 Å². The van der Waals surface area contributed by atoms with Crippen LogP contribution in [0.5, 0.6) is 0 Å². The van der Waals surface area contributed by atoms with Crippen molar-refractivity contribution in [2.24, 2.45) is 4.99 Å². The Bertz CT molecular complexity index is 1240. The molecule has 0 fully saturated rings. The molecule has 3 aromatic rings. The van der Waals surface area contributed by atoms with Crippen LogP contribution in [0.1, 0.15) is 47.8 Å². The highest BCUT2D eigenvalue weighted by Gasteiger charge is 2.36. The smallest absolute Gasteiger partial charge is 0.437 e. The molecule has 0 aliphatic rings. The van der Waals surface area contributed by atoms with Gasteiger partial charge in [-0.3, -0.25) is 4.79 Å². The molecule has 1 N–H and O–H groups in total. The van der Waals surface area contributed by atoms with Crippen LogP contribution in [0.3, 0.4) is 0 Å². The van der Waals surface area contributed by atoms with Gasteiger partial charge in [0.25, 0.3) is 0 Å². The van der Waals surface area contributed by atoms with Gasteiger partial charge in [-0.05, 0) is 49.6 Å². The predicted molar refractivity (Wildman–Crippen MR) is 146 cm³/mol. The Morgan fingerprint density at radius 3 is 2.00 bits per heavy atom. The van der Waals surface area contributed by atoms with E-state index < -0.39 is 23.2 Å². The van der Waals surface area contributed by atoms with Gasteiger partial charge >= 0.3 is 12.1 Å². The molecule has 0 spiro atoms. The van der Waals surface area contributed by atoms with Crippen molar-refractivity contribution in [3.63, 3.8) is 0 Å². The second kappa shape index (κ2) is 12.2. The van der Waals surface area contributed by atoms with Crippen LogP contribution >= 0.6 is 0 Å². The van der Waals surface area contributed by atoms with E-state index >= 15 is 0 Å². The van der Waals surface area contributed by atoms with Crippen molar-refractivity contribution in [3.05, 3.63) is 107 Å². The molecule has 38 heavy (non-hydrogen) atoms.